The number of hydrogen-bond donors (Lipinski definition) is 2. The van der Waals surface area contributed by atoms with Gasteiger partial charge in [-0.1, -0.05) is 12.2 Å². The summed E-state index contributed by atoms with van der Waals surface area (Å²) >= 11 is 6.54. The van der Waals surface area contributed by atoms with Crippen molar-refractivity contribution in [2.45, 2.75) is 18.4 Å². The molecule has 1 aromatic rings. The van der Waals surface area contributed by atoms with Crippen LogP contribution in [0.15, 0.2) is 11.4 Å². The number of nitrogens with two attached hydrogens (primary N) is 1. The van der Waals surface area contributed by atoms with Crippen LogP contribution >= 0.6 is 23.6 Å². The molecule has 0 radical (unpaired) electrons. The van der Waals surface area contributed by atoms with Gasteiger partial charge in [0, 0.05) is 13.1 Å². The quantitative estimate of drug-likeness (QED) is 0.819. The molecule has 1 aliphatic rings. The number of carbonyl (C=O) groups excluding carboxylic acids is 1. The lowest BCUT2D eigenvalue weighted by atomic mass is 9.87. The van der Waals surface area contributed by atoms with E-state index in [-0.39, 0.29) is 5.91 Å². The van der Waals surface area contributed by atoms with E-state index >= 15 is 0 Å². The largest absolute Gasteiger partial charge is 0.495 e. The van der Waals surface area contributed by atoms with Crippen molar-refractivity contribution < 1.29 is 9.53 Å². The van der Waals surface area contributed by atoms with Gasteiger partial charge in [0.2, 0.25) is 0 Å². The normalized spacial score (nSPS) is 18.5. The predicted octanol–water partition coefficient (Wildman–Crippen LogP) is 1.24. The number of thiophene rings is 1. The zero-order valence-corrected chi connectivity index (χ0v) is 13.3. The van der Waals surface area contributed by atoms with Crippen LogP contribution in [-0.4, -0.2) is 48.6 Å². The first-order valence-corrected chi connectivity index (χ1v) is 7.70. The monoisotopic (exact) mass is 313 g/mol. The van der Waals surface area contributed by atoms with Crippen LogP contribution in [0, 0.1) is 0 Å². The highest BCUT2D eigenvalue weighted by Crippen LogP contribution is 2.27. The van der Waals surface area contributed by atoms with Gasteiger partial charge in [-0.3, -0.25) is 4.79 Å². The molecule has 1 fully saturated rings. The summed E-state index contributed by atoms with van der Waals surface area (Å²) in [6.07, 6.45) is 1.47. The van der Waals surface area contributed by atoms with E-state index in [0.29, 0.717) is 15.6 Å². The molecule has 2 heterocycles. The van der Waals surface area contributed by atoms with Crippen molar-refractivity contribution in [1.29, 1.82) is 0 Å². The molecule has 0 aromatic carbocycles. The second kappa shape index (κ2) is 6.07. The maximum Gasteiger partial charge on any atom is 0.265 e. The Labute approximate surface area is 128 Å². The number of nitrogens with one attached hydrogen (secondary N) is 1. The molecule has 1 saturated heterocycles. The zero-order valence-electron chi connectivity index (χ0n) is 11.6. The number of rotatable bonds is 4. The van der Waals surface area contributed by atoms with E-state index < -0.39 is 5.54 Å². The van der Waals surface area contributed by atoms with Gasteiger partial charge < -0.3 is 20.7 Å². The molecular weight excluding hydrogens is 294 g/mol. The molecule has 7 heteroatoms. The average Bonchev–Trinajstić information content (AvgIpc) is 2.89. The standard InChI is InChI=1S/C13H19N3O2S2/c1-16-6-4-13(5-7-16,12(14)19)15-11(17)10-9(18-2)3-8-20-10/h3,8H,4-7H2,1-2H3,(H2,14,19)(H,15,17). The molecule has 3 N–H and O–H groups in total. The lowest BCUT2D eigenvalue weighted by Gasteiger charge is -2.40. The van der Waals surface area contributed by atoms with Gasteiger partial charge >= 0.3 is 0 Å². The Kier molecular flexibility index (Phi) is 4.62. The highest BCUT2D eigenvalue weighted by molar-refractivity contribution is 7.80. The van der Waals surface area contributed by atoms with Gasteiger partial charge in [0.15, 0.2) is 0 Å². The fourth-order valence-electron chi connectivity index (χ4n) is 2.33. The third kappa shape index (κ3) is 2.94. The number of ether oxygens (including phenoxy) is 1. The van der Waals surface area contributed by atoms with E-state index in [1.807, 2.05) is 12.4 Å². The van der Waals surface area contributed by atoms with Crippen LogP contribution in [0.2, 0.25) is 0 Å². The van der Waals surface area contributed by atoms with Crippen molar-refractivity contribution in [2.75, 3.05) is 27.2 Å². The van der Waals surface area contributed by atoms with E-state index in [0.717, 1.165) is 25.9 Å². The van der Waals surface area contributed by atoms with Crippen molar-refractivity contribution in [1.82, 2.24) is 10.2 Å². The summed E-state index contributed by atoms with van der Waals surface area (Å²) in [5.41, 5.74) is 5.30. The Morgan fingerprint density at radius 3 is 2.75 bits per heavy atom. The van der Waals surface area contributed by atoms with Crippen molar-refractivity contribution in [2.24, 2.45) is 5.73 Å². The SMILES string of the molecule is COc1ccsc1C(=O)NC1(C(N)=S)CCN(C)CC1. The summed E-state index contributed by atoms with van der Waals surface area (Å²) in [6, 6.07) is 1.78. The number of thiocarbonyl (C=S) groups is 1. The molecule has 0 bridgehead atoms. The van der Waals surface area contributed by atoms with Crippen LogP contribution in [-0.2, 0) is 0 Å². The molecule has 1 aliphatic heterocycles. The second-order valence-corrected chi connectivity index (χ2v) is 6.38. The third-order valence-electron chi connectivity index (χ3n) is 3.72. The highest BCUT2D eigenvalue weighted by atomic mass is 32.1. The Balaban J connectivity index is 2.17. The maximum atomic E-state index is 12.4. The van der Waals surface area contributed by atoms with Gasteiger partial charge in [-0.15, -0.1) is 11.3 Å². The van der Waals surface area contributed by atoms with E-state index in [9.17, 15) is 4.79 Å². The highest BCUT2D eigenvalue weighted by Gasteiger charge is 2.38. The molecule has 1 amide bonds. The first-order chi connectivity index (χ1) is 9.48. The van der Waals surface area contributed by atoms with Crippen LogP contribution < -0.4 is 15.8 Å². The molecule has 0 spiro atoms. The number of nitrogens with zero attached hydrogens (tertiary/aromatic N) is 1. The first kappa shape index (κ1) is 15.2. The van der Waals surface area contributed by atoms with Crippen LogP contribution in [0.5, 0.6) is 5.75 Å². The smallest absolute Gasteiger partial charge is 0.265 e. The number of likely N-dealkylation sites (tertiary alicyclic amines) is 1. The van der Waals surface area contributed by atoms with Crippen molar-refractivity contribution in [3.63, 3.8) is 0 Å². The molecule has 110 valence electrons. The minimum atomic E-state index is -0.589. The minimum absolute atomic E-state index is 0.172. The first-order valence-electron chi connectivity index (χ1n) is 6.41. The number of carbonyl (C=O) groups is 1. The van der Waals surface area contributed by atoms with Gasteiger partial charge in [-0.2, -0.15) is 0 Å². The van der Waals surface area contributed by atoms with Gasteiger partial charge in [0.05, 0.1) is 17.6 Å². The molecule has 20 heavy (non-hydrogen) atoms. The predicted molar refractivity (Wildman–Crippen MR) is 84.6 cm³/mol. The van der Waals surface area contributed by atoms with Crippen LogP contribution in [0.1, 0.15) is 22.5 Å². The zero-order chi connectivity index (χ0) is 14.8. The Bertz CT molecular complexity index is 507. The summed E-state index contributed by atoms with van der Waals surface area (Å²) in [5.74, 6) is 0.410. The molecule has 0 unspecified atom stereocenters. The van der Waals surface area contributed by atoms with Crippen LogP contribution in [0.4, 0.5) is 0 Å². The van der Waals surface area contributed by atoms with Crippen molar-refractivity contribution >= 4 is 34.5 Å². The summed E-state index contributed by atoms with van der Waals surface area (Å²) in [5, 5.41) is 4.86. The molecule has 2 rings (SSSR count). The van der Waals surface area contributed by atoms with Gasteiger partial charge in [0.25, 0.3) is 5.91 Å². The van der Waals surface area contributed by atoms with E-state index in [4.69, 9.17) is 22.7 Å². The maximum absolute atomic E-state index is 12.4. The van der Waals surface area contributed by atoms with Crippen molar-refractivity contribution in [3.05, 3.63) is 16.3 Å². The fraction of sp³-hybridized carbons (Fsp3) is 0.538. The molecule has 1 aromatic heterocycles. The summed E-state index contributed by atoms with van der Waals surface area (Å²) in [6.45, 7) is 1.72. The van der Waals surface area contributed by atoms with Crippen molar-refractivity contribution in [3.8, 4) is 5.75 Å². The third-order valence-corrected chi connectivity index (χ3v) is 5.01. The summed E-state index contributed by atoms with van der Waals surface area (Å²) in [7, 11) is 3.60. The topological polar surface area (TPSA) is 67.6 Å². The average molecular weight is 313 g/mol. The van der Waals surface area contributed by atoms with E-state index in [1.165, 1.54) is 11.3 Å². The molecular formula is C13H19N3O2S2. The Morgan fingerprint density at radius 2 is 2.20 bits per heavy atom. The number of methoxy groups -OCH3 is 1. The minimum Gasteiger partial charge on any atom is -0.495 e. The van der Waals surface area contributed by atoms with Crippen LogP contribution in [0.3, 0.4) is 0 Å². The number of piperidine rings is 1. The number of amides is 1. The lowest BCUT2D eigenvalue weighted by Crippen LogP contribution is -2.61. The van der Waals surface area contributed by atoms with Gasteiger partial charge in [-0.05, 0) is 31.3 Å². The lowest BCUT2D eigenvalue weighted by molar-refractivity contribution is 0.0891. The second-order valence-electron chi connectivity index (χ2n) is 5.02. The fourth-order valence-corrected chi connectivity index (χ4v) is 3.34. The van der Waals surface area contributed by atoms with Crippen LogP contribution in [0.25, 0.3) is 0 Å². The van der Waals surface area contributed by atoms with Gasteiger partial charge in [0.1, 0.15) is 10.6 Å². The number of hydrogen-bond acceptors (Lipinski definition) is 5. The summed E-state index contributed by atoms with van der Waals surface area (Å²) < 4.78 is 5.18. The molecule has 5 nitrogen and oxygen atoms in total. The molecule has 0 atom stereocenters. The summed E-state index contributed by atoms with van der Waals surface area (Å²) in [4.78, 5) is 15.6. The molecule has 0 aliphatic carbocycles. The van der Waals surface area contributed by atoms with E-state index in [1.54, 1.807) is 13.2 Å². The van der Waals surface area contributed by atoms with Gasteiger partial charge in [-0.25, -0.2) is 0 Å². The Morgan fingerprint density at radius 1 is 1.55 bits per heavy atom. The van der Waals surface area contributed by atoms with E-state index in [2.05, 4.69) is 10.2 Å². The molecule has 0 saturated carbocycles. The Hall–Kier alpha value is -1.18.